The lowest BCUT2D eigenvalue weighted by molar-refractivity contribution is 0.524. The summed E-state index contributed by atoms with van der Waals surface area (Å²) >= 11 is -0.758. The number of thioether (sulfide) groups is 1. The van der Waals surface area contributed by atoms with E-state index in [9.17, 15) is 8.76 Å². The molecular formula is C5H8NO2S2-. The molecule has 0 aliphatic heterocycles. The van der Waals surface area contributed by atoms with E-state index >= 15 is 0 Å². The largest absolute Gasteiger partial charge is 0.760 e. The van der Waals surface area contributed by atoms with Gasteiger partial charge in [0.25, 0.3) is 0 Å². The van der Waals surface area contributed by atoms with Gasteiger partial charge in [-0.05, 0) is 6.26 Å². The molecule has 0 rings (SSSR count). The summed E-state index contributed by atoms with van der Waals surface area (Å²) in [6, 6.07) is 0. The van der Waals surface area contributed by atoms with E-state index in [0.29, 0.717) is 6.54 Å². The van der Waals surface area contributed by atoms with Crippen LogP contribution in [-0.2, 0) is 11.3 Å². The number of hydrogen-bond donors (Lipinski definition) is 1. The van der Waals surface area contributed by atoms with Crippen molar-refractivity contribution in [2.75, 3.05) is 12.8 Å². The summed E-state index contributed by atoms with van der Waals surface area (Å²) < 4.78 is 22.1. The van der Waals surface area contributed by atoms with Gasteiger partial charge in [0.15, 0.2) is 0 Å². The second-order valence-corrected chi connectivity index (χ2v) is 3.27. The monoisotopic (exact) mass is 178 g/mol. The van der Waals surface area contributed by atoms with Crippen molar-refractivity contribution < 1.29 is 8.76 Å². The average molecular weight is 178 g/mol. The molecule has 0 saturated heterocycles. The number of hydrogen-bond acceptors (Lipinski definition) is 3. The Labute approximate surface area is 67.4 Å². The highest BCUT2D eigenvalue weighted by Gasteiger charge is 1.99. The van der Waals surface area contributed by atoms with Gasteiger partial charge >= 0.3 is 0 Å². The molecule has 0 aromatic carbocycles. The zero-order valence-electron chi connectivity index (χ0n) is 5.49. The van der Waals surface area contributed by atoms with Gasteiger partial charge in [-0.3, -0.25) is 4.21 Å². The Kier molecular flexibility index (Phi) is 5.73. The standard InChI is InChI=1S/C5H9NO2S2/c1-3-5(9-2)4-6-10(7)8/h1,5-6H,4H2,2H3,(H,7,8)/p-1. The summed E-state index contributed by atoms with van der Waals surface area (Å²) in [5.41, 5.74) is 0. The summed E-state index contributed by atoms with van der Waals surface area (Å²) in [4.78, 5) is 0. The van der Waals surface area contributed by atoms with Crippen molar-refractivity contribution in [3.63, 3.8) is 0 Å². The summed E-state index contributed by atoms with van der Waals surface area (Å²) in [6.45, 7) is 0.299. The van der Waals surface area contributed by atoms with E-state index in [-0.39, 0.29) is 5.25 Å². The van der Waals surface area contributed by atoms with Crippen molar-refractivity contribution in [1.82, 2.24) is 4.72 Å². The normalized spacial score (nSPS) is 15.7. The third kappa shape index (κ3) is 4.82. The number of terminal acetylenes is 1. The minimum atomic E-state index is -2.20. The van der Waals surface area contributed by atoms with Gasteiger partial charge in [0.05, 0.1) is 5.25 Å². The molecule has 0 aliphatic rings. The molecule has 3 nitrogen and oxygen atoms in total. The first-order chi connectivity index (χ1) is 4.70. The molecule has 5 heteroatoms. The summed E-state index contributed by atoms with van der Waals surface area (Å²) in [6.07, 6.45) is 6.89. The Morgan fingerprint density at radius 2 is 2.60 bits per heavy atom. The molecule has 0 heterocycles. The lowest BCUT2D eigenvalue weighted by atomic mass is 10.4. The molecule has 2 unspecified atom stereocenters. The predicted octanol–water partition coefficient (Wildman–Crippen LogP) is -0.265. The Morgan fingerprint density at radius 1 is 2.00 bits per heavy atom. The fraction of sp³-hybridized carbons (Fsp3) is 0.600. The van der Waals surface area contributed by atoms with Crippen LogP contribution in [0.2, 0.25) is 0 Å². The van der Waals surface area contributed by atoms with Crippen LogP contribution in [0, 0.1) is 12.3 Å². The van der Waals surface area contributed by atoms with Gasteiger partial charge in [-0.2, -0.15) is 0 Å². The van der Waals surface area contributed by atoms with Crippen LogP contribution in [0.1, 0.15) is 0 Å². The lowest BCUT2D eigenvalue weighted by Crippen LogP contribution is -2.25. The molecule has 0 saturated carbocycles. The molecule has 1 N–H and O–H groups in total. The van der Waals surface area contributed by atoms with E-state index in [0.717, 1.165) is 0 Å². The van der Waals surface area contributed by atoms with Gasteiger partial charge in [0.2, 0.25) is 0 Å². The Hall–Kier alpha value is -0.0200. The molecule has 2 atom stereocenters. The van der Waals surface area contributed by atoms with Crippen LogP contribution in [0.15, 0.2) is 0 Å². The highest BCUT2D eigenvalue weighted by molar-refractivity contribution is 7.99. The van der Waals surface area contributed by atoms with Gasteiger partial charge in [-0.15, -0.1) is 18.2 Å². The highest BCUT2D eigenvalue weighted by Crippen LogP contribution is 2.02. The van der Waals surface area contributed by atoms with Crippen molar-refractivity contribution >= 4 is 23.0 Å². The number of nitrogens with one attached hydrogen (secondary N) is 1. The summed E-state index contributed by atoms with van der Waals surface area (Å²) in [5, 5.41) is -0.0714. The van der Waals surface area contributed by atoms with Crippen LogP contribution in [-0.4, -0.2) is 26.8 Å². The van der Waals surface area contributed by atoms with Crippen molar-refractivity contribution in [3.8, 4) is 12.3 Å². The maximum atomic E-state index is 9.95. The van der Waals surface area contributed by atoms with E-state index in [1.54, 1.807) is 0 Å². The zero-order valence-corrected chi connectivity index (χ0v) is 7.13. The Balaban J connectivity index is 3.47. The fourth-order valence-electron chi connectivity index (χ4n) is 0.354. The molecular weight excluding hydrogens is 170 g/mol. The molecule has 0 bridgehead atoms. The molecule has 0 radical (unpaired) electrons. The average Bonchev–Trinajstić information content (AvgIpc) is 1.90. The van der Waals surface area contributed by atoms with Crippen LogP contribution < -0.4 is 4.72 Å². The van der Waals surface area contributed by atoms with E-state index in [4.69, 9.17) is 6.42 Å². The molecule has 10 heavy (non-hydrogen) atoms. The minimum absolute atomic E-state index is 0.0714. The summed E-state index contributed by atoms with van der Waals surface area (Å²) in [7, 11) is 0. The maximum Gasteiger partial charge on any atom is 0.0785 e. The maximum absolute atomic E-state index is 9.95. The Morgan fingerprint density at radius 3 is 2.90 bits per heavy atom. The third-order valence-electron chi connectivity index (χ3n) is 0.857. The zero-order chi connectivity index (χ0) is 7.98. The van der Waals surface area contributed by atoms with Crippen LogP contribution >= 0.6 is 11.8 Å². The molecule has 0 amide bonds. The Bertz CT molecular complexity index is 154. The van der Waals surface area contributed by atoms with Crippen molar-refractivity contribution in [3.05, 3.63) is 0 Å². The van der Waals surface area contributed by atoms with Crippen molar-refractivity contribution in [2.24, 2.45) is 0 Å². The van der Waals surface area contributed by atoms with Crippen molar-refractivity contribution in [1.29, 1.82) is 0 Å². The van der Waals surface area contributed by atoms with Crippen LogP contribution in [0.5, 0.6) is 0 Å². The first-order valence-electron chi connectivity index (χ1n) is 2.52. The second kappa shape index (κ2) is 5.74. The molecule has 0 aliphatic carbocycles. The molecule has 58 valence electrons. The quantitative estimate of drug-likeness (QED) is 0.476. The van der Waals surface area contributed by atoms with E-state index < -0.39 is 11.3 Å². The fourth-order valence-corrected chi connectivity index (χ4v) is 1.15. The van der Waals surface area contributed by atoms with E-state index in [1.165, 1.54) is 11.8 Å². The molecule has 0 spiro atoms. The smallest absolute Gasteiger partial charge is 0.0785 e. The predicted molar refractivity (Wildman–Crippen MR) is 43.1 cm³/mol. The van der Waals surface area contributed by atoms with Gasteiger partial charge in [-0.25, -0.2) is 4.72 Å². The van der Waals surface area contributed by atoms with Gasteiger partial charge in [-0.1, -0.05) is 5.92 Å². The van der Waals surface area contributed by atoms with Gasteiger partial charge < -0.3 is 4.55 Å². The first kappa shape index (κ1) is 9.98. The van der Waals surface area contributed by atoms with Gasteiger partial charge in [0.1, 0.15) is 0 Å². The molecule has 0 aromatic heterocycles. The molecule has 0 fully saturated rings. The van der Waals surface area contributed by atoms with Crippen LogP contribution in [0.4, 0.5) is 0 Å². The minimum Gasteiger partial charge on any atom is -0.760 e. The molecule has 0 aromatic rings. The van der Waals surface area contributed by atoms with Crippen LogP contribution in [0.3, 0.4) is 0 Å². The number of rotatable bonds is 4. The highest BCUT2D eigenvalue weighted by atomic mass is 32.2. The lowest BCUT2D eigenvalue weighted by Gasteiger charge is -2.09. The van der Waals surface area contributed by atoms with Crippen LogP contribution in [0.25, 0.3) is 0 Å². The first-order valence-corrected chi connectivity index (χ1v) is 4.88. The second-order valence-electron chi connectivity index (χ2n) is 1.47. The SMILES string of the molecule is C#CC(CNS(=O)[O-])SC. The van der Waals surface area contributed by atoms with Gasteiger partial charge in [0, 0.05) is 17.8 Å². The summed E-state index contributed by atoms with van der Waals surface area (Å²) in [5.74, 6) is 2.43. The van der Waals surface area contributed by atoms with E-state index in [2.05, 4.69) is 10.6 Å². The third-order valence-corrected chi connectivity index (χ3v) is 2.13. The van der Waals surface area contributed by atoms with Crippen molar-refractivity contribution in [2.45, 2.75) is 5.25 Å². The topological polar surface area (TPSA) is 52.2 Å². The van der Waals surface area contributed by atoms with E-state index in [1.807, 2.05) is 6.26 Å².